The van der Waals surface area contributed by atoms with E-state index in [4.69, 9.17) is 0 Å². The van der Waals surface area contributed by atoms with Gasteiger partial charge in [0, 0.05) is 6.42 Å². The maximum absolute atomic E-state index is 11.0. The molecule has 0 aliphatic heterocycles. The Morgan fingerprint density at radius 1 is 1.36 bits per heavy atom. The molecule has 0 amide bonds. The first-order valence-corrected chi connectivity index (χ1v) is 8.05. The first kappa shape index (κ1) is 18.4. The molecule has 0 spiro atoms. The molecule has 1 aromatic heterocycles. The Morgan fingerprint density at radius 2 is 2.18 bits per heavy atom. The molecule has 0 saturated heterocycles. The van der Waals surface area contributed by atoms with Crippen LogP contribution in [0.4, 0.5) is 0 Å². The molecular weight excluding hydrogens is 278 g/mol. The van der Waals surface area contributed by atoms with Crippen molar-refractivity contribution in [2.45, 2.75) is 58.0 Å². The first-order valence-electron chi connectivity index (χ1n) is 8.05. The van der Waals surface area contributed by atoms with Crippen LogP contribution in [0, 0.1) is 0 Å². The van der Waals surface area contributed by atoms with Gasteiger partial charge in [0.2, 0.25) is 0 Å². The first-order chi connectivity index (χ1) is 10.7. The molecular formula is C18H27NO3. The van der Waals surface area contributed by atoms with Crippen LogP contribution in [0.1, 0.15) is 69.4 Å². The van der Waals surface area contributed by atoms with Crippen LogP contribution >= 0.6 is 0 Å². The number of hydrogen-bond donors (Lipinski definition) is 1. The fourth-order valence-corrected chi connectivity index (χ4v) is 2.15. The zero-order valence-electron chi connectivity index (χ0n) is 13.6. The Labute approximate surface area is 133 Å². The number of aliphatic hydroxyl groups is 1. The number of pyridine rings is 1. The van der Waals surface area contributed by atoms with E-state index in [-0.39, 0.29) is 5.97 Å². The lowest BCUT2D eigenvalue weighted by Gasteiger charge is -2.10. The number of allylic oxidation sites excluding steroid dienone is 1. The summed E-state index contributed by atoms with van der Waals surface area (Å²) in [7, 11) is 1.40. The lowest BCUT2D eigenvalue weighted by atomic mass is 10.1. The van der Waals surface area contributed by atoms with Crippen LogP contribution in [0.15, 0.2) is 24.3 Å². The summed E-state index contributed by atoms with van der Waals surface area (Å²) < 4.78 is 4.59. The largest absolute Gasteiger partial charge is 0.469 e. The summed E-state index contributed by atoms with van der Waals surface area (Å²) in [4.78, 5) is 15.5. The number of aromatic nitrogens is 1. The molecule has 1 atom stereocenters. The lowest BCUT2D eigenvalue weighted by Crippen LogP contribution is -2.01. The van der Waals surface area contributed by atoms with Crippen molar-refractivity contribution in [3.05, 3.63) is 35.7 Å². The average Bonchev–Trinajstić information content (AvgIpc) is 2.54. The molecule has 4 heteroatoms. The van der Waals surface area contributed by atoms with Crippen molar-refractivity contribution in [1.29, 1.82) is 0 Å². The zero-order valence-corrected chi connectivity index (χ0v) is 13.6. The summed E-state index contributed by atoms with van der Waals surface area (Å²) in [5.41, 5.74) is 1.57. The van der Waals surface area contributed by atoms with Gasteiger partial charge in [-0.25, -0.2) is 0 Å². The van der Waals surface area contributed by atoms with Gasteiger partial charge in [-0.05, 0) is 37.5 Å². The number of rotatable bonds is 10. The van der Waals surface area contributed by atoms with Crippen molar-refractivity contribution in [3.8, 4) is 0 Å². The van der Waals surface area contributed by atoms with Gasteiger partial charge in [0.05, 0.1) is 24.6 Å². The van der Waals surface area contributed by atoms with Gasteiger partial charge in [-0.2, -0.15) is 0 Å². The van der Waals surface area contributed by atoms with Crippen LogP contribution in [0.25, 0.3) is 6.08 Å². The Kier molecular flexibility index (Phi) is 9.15. The summed E-state index contributed by atoms with van der Waals surface area (Å²) in [5, 5.41) is 10.1. The van der Waals surface area contributed by atoms with E-state index >= 15 is 0 Å². The van der Waals surface area contributed by atoms with Crippen molar-refractivity contribution in [2.24, 2.45) is 0 Å². The van der Waals surface area contributed by atoms with Gasteiger partial charge >= 0.3 is 5.97 Å². The molecule has 1 rings (SSSR count). The van der Waals surface area contributed by atoms with Gasteiger partial charge in [0.1, 0.15) is 0 Å². The number of methoxy groups -OCH3 is 1. The van der Waals surface area contributed by atoms with Gasteiger partial charge in [0.25, 0.3) is 0 Å². The second kappa shape index (κ2) is 11.0. The van der Waals surface area contributed by atoms with Crippen LogP contribution in [0.5, 0.6) is 0 Å². The summed E-state index contributed by atoms with van der Waals surface area (Å²) in [6.45, 7) is 2.15. The molecule has 0 fully saturated rings. The average molecular weight is 305 g/mol. The number of carbonyl (C=O) groups excluding carboxylic acids is 1. The van der Waals surface area contributed by atoms with Crippen molar-refractivity contribution >= 4 is 12.0 Å². The number of ether oxygens (including phenoxy) is 1. The minimum atomic E-state index is -0.487. The Morgan fingerprint density at radius 3 is 2.91 bits per heavy atom. The highest BCUT2D eigenvalue weighted by molar-refractivity contribution is 5.69. The van der Waals surface area contributed by atoms with Crippen molar-refractivity contribution < 1.29 is 14.6 Å². The summed E-state index contributed by atoms with van der Waals surface area (Å²) >= 11 is 0. The summed E-state index contributed by atoms with van der Waals surface area (Å²) in [6.07, 6.45) is 9.51. The topological polar surface area (TPSA) is 59.4 Å². The summed E-state index contributed by atoms with van der Waals surface area (Å²) in [6, 6.07) is 5.70. The predicted molar refractivity (Wildman–Crippen MR) is 88.2 cm³/mol. The fourth-order valence-electron chi connectivity index (χ4n) is 2.15. The normalized spacial score (nSPS) is 12.5. The molecule has 0 bridgehead atoms. The third-order valence-corrected chi connectivity index (χ3v) is 3.48. The predicted octanol–water partition coefficient (Wildman–Crippen LogP) is 4.05. The highest BCUT2D eigenvalue weighted by Crippen LogP contribution is 2.18. The highest BCUT2D eigenvalue weighted by Gasteiger charge is 2.08. The van der Waals surface area contributed by atoms with E-state index in [0.29, 0.717) is 6.42 Å². The van der Waals surface area contributed by atoms with E-state index in [0.717, 1.165) is 49.9 Å². The van der Waals surface area contributed by atoms with E-state index in [1.807, 2.05) is 30.4 Å². The maximum atomic E-state index is 11.0. The van der Waals surface area contributed by atoms with Gasteiger partial charge in [-0.3, -0.25) is 9.78 Å². The van der Waals surface area contributed by atoms with Crippen LogP contribution in [-0.2, 0) is 9.53 Å². The SMILES string of the molecule is CCCCCC(O)c1cccc(/C=C\CCCC(=O)OC)n1. The van der Waals surface area contributed by atoms with Gasteiger partial charge < -0.3 is 9.84 Å². The molecule has 0 aliphatic carbocycles. The van der Waals surface area contributed by atoms with Crippen molar-refractivity contribution in [3.63, 3.8) is 0 Å². The number of esters is 1. The van der Waals surface area contributed by atoms with Gasteiger partial charge in [0.15, 0.2) is 0 Å². The number of aliphatic hydroxyl groups excluding tert-OH is 1. The fraction of sp³-hybridized carbons (Fsp3) is 0.556. The third kappa shape index (κ3) is 7.36. The van der Waals surface area contributed by atoms with Crippen molar-refractivity contribution in [2.75, 3.05) is 7.11 Å². The highest BCUT2D eigenvalue weighted by atomic mass is 16.5. The minimum Gasteiger partial charge on any atom is -0.469 e. The van der Waals surface area contributed by atoms with Gasteiger partial charge in [-0.1, -0.05) is 38.3 Å². The van der Waals surface area contributed by atoms with Crippen LogP contribution < -0.4 is 0 Å². The molecule has 1 unspecified atom stereocenters. The third-order valence-electron chi connectivity index (χ3n) is 3.48. The van der Waals surface area contributed by atoms with Gasteiger partial charge in [-0.15, -0.1) is 0 Å². The molecule has 0 saturated carbocycles. The standard InChI is InChI=1S/C18H27NO3/c1-3-4-6-13-17(20)16-12-9-11-15(19-16)10-7-5-8-14-18(21)22-2/h7,9-12,17,20H,3-6,8,13-14H2,1-2H3/b10-7-. The molecule has 0 aliphatic rings. The molecule has 1 heterocycles. The molecule has 1 N–H and O–H groups in total. The van der Waals surface area contributed by atoms with E-state index in [1.165, 1.54) is 7.11 Å². The molecule has 122 valence electrons. The van der Waals surface area contributed by atoms with E-state index in [9.17, 15) is 9.90 Å². The smallest absolute Gasteiger partial charge is 0.305 e. The monoisotopic (exact) mass is 305 g/mol. The number of nitrogens with zero attached hydrogens (tertiary/aromatic N) is 1. The molecule has 22 heavy (non-hydrogen) atoms. The van der Waals surface area contributed by atoms with Crippen LogP contribution in [0.3, 0.4) is 0 Å². The Hall–Kier alpha value is -1.68. The number of unbranched alkanes of at least 4 members (excludes halogenated alkanes) is 3. The quantitative estimate of drug-likeness (QED) is 0.523. The van der Waals surface area contributed by atoms with Crippen LogP contribution in [0.2, 0.25) is 0 Å². The molecule has 0 aromatic carbocycles. The molecule has 0 radical (unpaired) electrons. The second-order valence-electron chi connectivity index (χ2n) is 5.37. The lowest BCUT2D eigenvalue weighted by molar-refractivity contribution is -0.140. The maximum Gasteiger partial charge on any atom is 0.305 e. The molecule has 1 aromatic rings. The summed E-state index contributed by atoms with van der Waals surface area (Å²) in [5.74, 6) is -0.177. The van der Waals surface area contributed by atoms with Crippen LogP contribution in [-0.4, -0.2) is 23.2 Å². The number of carbonyl (C=O) groups is 1. The van der Waals surface area contributed by atoms with Crippen molar-refractivity contribution in [1.82, 2.24) is 4.98 Å². The van der Waals surface area contributed by atoms with E-state index in [1.54, 1.807) is 0 Å². The second-order valence-corrected chi connectivity index (χ2v) is 5.37. The zero-order chi connectivity index (χ0) is 16.2. The van der Waals surface area contributed by atoms with E-state index in [2.05, 4.69) is 16.6 Å². The number of hydrogen-bond acceptors (Lipinski definition) is 4. The Balaban J connectivity index is 2.44. The minimum absolute atomic E-state index is 0.177. The Bertz CT molecular complexity index is 471. The molecule has 4 nitrogen and oxygen atoms in total. The van der Waals surface area contributed by atoms with E-state index < -0.39 is 6.10 Å².